The maximum absolute atomic E-state index is 12.9. The number of benzene rings is 2. The highest BCUT2D eigenvalue weighted by atomic mass is 127. The van der Waals surface area contributed by atoms with Crippen LogP contribution in [0.15, 0.2) is 53.5 Å². The third-order valence-electron chi connectivity index (χ3n) is 3.05. The van der Waals surface area contributed by atoms with Crippen LogP contribution in [0, 0.1) is 5.82 Å². The number of aliphatic imine (C=N–C) groups is 1. The molecule has 0 saturated heterocycles. The monoisotopic (exact) mass is 429 g/mol. The quantitative estimate of drug-likeness (QED) is 0.388. The number of halogens is 2. The largest absolute Gasteiger partial charge is 0.508 e. The van der Waals surface area contributed by atoms with Gasteiger partial charge in [0.15, 0.2) is 5.96 Å². The molecule has 0 bridgehead atoms. The molecule has 0 atom stereocenters. The Kier molecular flexibility index (Phi) is 8.39. The lowest BCUT2D eigenvalue weighted by Gasteiger charge is -2.11. The van der Waals surface area contributed by atoms with E-state index in [1.807, 2.05) is 13.0 Å². The summed E-state index contributed by atoms with van der Waals surface area (Å²) in [5.41, 5.74) is 1.91. The van der Waals surface area contributed by atoms with E-state index in [-0.39, 0.29) is 35.5 Å². The molecular weight excluding hydrogens is 408 g/mol. The smallest absolute Gasteiger partial charge is 0.191 e. The maximum atomic E-state index is 12.9. The summed E-state index contributed by atoms with van der Waals surface area (Å²) in [5.74, 6) is 0.667. The zero-order chi connectivity index (χ0) is 15.8. The molecule has 2 aromatic rings. The second-order valence-electron chi connectivity index (χ2n) is 4.85. The van der Waals surface area contributed by atoms with Gasteiger partial charge in [0.25, 0.3) is 0 Å². The number of aromatic hydroxyl groups is 1. The summed E-state index contributed by atoms with van der Waals surface area (Å²) in [6.45, 7) is 3.76. The van der Waals surface area contributed by atoms with Crippen molar-refractivity contribution in [1.29, 1.82) is 0 Å². The molecule has 0 aliphatic rings. The third kappa shape index (κ3) is 6.85. The van der Waals surface area contributed by atoms with Crippen molar-refractivity contribution in [2.24, 2.45) is 4.99 Å². The second-order valence-corrected chi connectivity index (χ2v) is 4.85. The number of rotatable bonds is 5. The van der Waals surface area contributed by atoms with E-state index >= 15 is 0 Å². The van der Waals surface area contributed by atoms with Crippen LogP contribution in [0.2, 0.25) is 0 Å². The molecule has 0 spiro atoms. The minimum Gasteiger partial charge on any atom is -0.508 e. The van der Waals surface area contributed by atoms with Crippen molar-refractivity contribution in [3.05, 3.63) is 65.5 Å². The Morgan fingerprint density at radius 3 is 2.48 bits per heavy atom. The lowest BCUT2D eigenvalue weighted by molar-refractivity contribution is 0.474. The van der Waals surface area contributed by atoms with E-state index in [4.69, 9.17) is 0 Å². The maximum Gasteiger partial charge on any atom is 0.191 e. The van der Waals surface area contributed by atoms with Crippen LogP contribution in [0.25, 0.3) is 0 Å². The Morgan fingerprint density at radius 1 is 1.09 bits per heavy atom. The summed E-state index contributed by atoms with van der Waals surface area (Å²) in [7, 11) is 0. The molecule has 124 valence electrons. The summed E-state index contributed by atoms with van der Waals surface area (Å²) in [6.07, 6.45) is 0. The molecule has 0 aromatic heterocycles. The molecule has 0 saturated carbocycles. The van der Waals surface area contributed by atoms with Gasteiger partial charge in [-0.15, -0.1) is 24.0 Å². The highest BCUT2D eigenvalue weighted by Crippen LogP contribution is 2.11. The standard InChI is InChI=1S/C17H20FN3O.HI/c1-2-19-17(20-11-13-6-8-15(18)9-7-13)21-12-14-4-3-5-16(22)10-14;/h3-10,22H,2,11-12H2,1H3,(H2,19,20,21);1H. The first-order valence-corrected chi connectivity index (χ1v) is 7.22. The molecule has 0 unspecified atom stereocenters. The number of nitrogens with zero attached hydrogens (tertiary/aromatic N) is 1. The number of phenols is 1. The van der Waals surface area contributed by atoms with Gasteiger partial charge in [0.2, 0.25) is 0 Å². The Hall–Kier alpha value is -1.83. The Labute approximate surface area is 152 Å². The minimum atomic E-state index is -0.242. The van der Waals surface area contributed by atoms with Crippen LogP contribution in [-0.4, -0.2) is 17.6 Å². The first kappa shape index (κ1) is 19.2. The Morgan fingerprint density at radius 2 is 1.83 bits per heavy atom. The van der Waals surface area contributed by atoms with Gasteiger partial charge in [-0.05, 0) is 42.3 Å². The van der Waals surface area contributed by atoms with Crippen molar-refractivity contribution < 1.29 is 9.50 Å². The molecule has 0 fully saturated rings. The molecule has 4 nitrogen and oxygen atoms in total. The first-order valence-electron chi connectivity index (χ1n) is 7.22. The number of guanidine groups is 1. The number of hydrogen-bond donors (Lipinski definition) is 3. The van der Waals surface area contributed by atoms with Crippen molar-refractivity contribution in [3.8, 4) is 5.75 Å². The summed E-state index contributed by atoms with van der Waals surface area (Å²) >= 11 is 0. The molecular formula is C17H21FIN3O. The van der Waals surface area contributed by atoms with Crippen LogP contribution < -0.4 is 10.6 Å². The van der Waals surface area contributed by atoms with Crippen molar-refractivity contribution in [3.63, 3.8) is 0 Å². The second kappa shape index (κ2) is 10.0. The number of phenolic OH excluding ortho intramolecular Hbond substituents is 1. The third-order valence-corrected chi connectivity index (χ3v) is 3.05. The van der Waals surface area contributed by atoms with Crippen molar-refractivity contribution in [1.82, 2.24) is 10.6 Å². The van der Waals surface area contributed by atoms with E-state index in [0.717, 1.165) is 17.7 Å². The fourth-order valence-electron chi connectivity index (χ4n) is 1.95. The van der Waals surface area contributed by atoms with Crippen molar-refractivity contribution in [2.75, 3.05) is 6.54 Å². The van der Waals surface area contributed by atoms with E-state index < -0.39 is 0 Å². The van der Waals surface area contributed by atoms with Gasteiger partial charge in [0.1, 0.15) is 11.6 Å². The molecule has 3 N–H and O–H groups in total. The van der Waals surface area contributed by atoms with E-state index in [2.05, 4.69) is 15.6 Å². The van der Waals surface area contributed by atoms with Gasteiger partial charge in [0.05, 0.1) is 6.54 Å². The predicted molar refractivity (Wildman–Crippen MR) is 102 cm³/mol. The van der Waals surface area contributed by atoms with Gasteiger partial charge >= 0.3 is 0 Å². The lowest BCUT2D eigenvalue weighted by atomic mass is 10.2. The normalized spacial score (nSPS) is 10.8. The average Bonchev–Trinajstić information content (AvgIpc) is 2.52. The van der Waals surface area contributed by atoms with Crippen LogP contribution in [-0.2, 0) is 13.1 Å². The van der Waals surface area contributed by atoms with E-state index in [1.54, 1.807) is 30.3 Å². The SMILES string of the molecule is CCNC(=NCc1cccc(O)c1)NCc1ccc(F)cc1.I. The molecule has 6 heteroatoms. The zero-order valence-corrected chi connectivity index (χ0v) is 15.3. The topological polar surface area (TPSA) is 56.7 Å². The molecule has 0 amide bonds. The summed E-state index contributed by atoms with van der Waals surface area (Å²) in [5, 5.41) is 15.8. The molecule has 0 aliphatic heterocycles. The van der Waals surface area contributed by atoms with Crippen LogP contribution in [0.4, 0.5) is 4.39 Å². The van der Waals surface area contributed by atoms with E-state index in [0.29, 0.717) is 19.0 Å². The van der Waals surface area contributed by atoms with Gasteiger partial charge in [-0.2, -0.15) is 0 Å². The van der Waals surface area contributed by atoms with Gasteiger partial charge in [-0.3, -0.25) is 0 Å². The van der Waals surface area contributed by atoms with E-state index in [9.17, 15) is 9.50 Å². The highest BCUT2D eigenvalue weighted by molar-refractivity contribution is 14.0. The van der Waals surface area contributed by atoms with Crippen LogP contribution in [0.1, 0.15) is 18.1 Å². The summed E-state index contributed by atoms with van der Waals surface area (Å²) in [6, 6.07) is 13.4. The average molecular weight is 429 g/mol. The number of nitrogens with one attached hydrogen (secondary N) is 2. The molecule has 2 rings (SSSR count). The van der Waals surface area contributed by atoms with Crippen LogP contribution in [0.3, 0.4) is 0 Å². The zero-order valence-electron chi connectivity index (χ0n) is 12.9. The van der Waals surface area contributed by atoms with Crippen LogP contribution in [0.5, 0.6) is 5.75 Å². The number of hydrogen-bond acceptors (Lipinski definition) is 2. The summed E-state index contributed by atoms with van der Waals surface area (Å²) < 4.78 is 12.9. The molecule has 23 heavy (non-hydrogen) atoms. The van der Waals surface area contributed by atoms with Gasteiger partial charge in [-0.1, -0.05) is 24.3 Å². The van der Waals surface area contributed by atoms with Gasteiger partial charge in [-0.25, -0.2) is 9.38 Å². The molecule has 0 heterocycles. The highest BCUT2D eigenvalue weighted by Gasteiger charge is 2.00. The van der Waals surface area contributed by atoms with Gasteiger partial charge in [0, 0.05) is 13.1 Å². The van der Waals surface area contributed by atoms with Crippen molar-refractivity contribution in [2.45, 2.75) is 20.0 Å². The lowest BCUT2D eigenvalue weighted by Crippen LogP contribution is -2.36. The Bertz CT molecular complexity index is 632. The molecule has 0 aliphatic carbocycles. The van der Waals surface area contributed by atoms with E-state index in [1.165, 1.54) is 12.1 Å². The van der Waals surface area contributed by atoms with Crippen LogP contribution >= 0.6 is 24.0 Å². The van der Waals surface area contributed by atoms with Crippen molar-refractivity contribution >= 4 is 29.9 Å². The Balaban J connectivity index is 0.00000264. The van der Waals surface area contributed by atoms with Gasteiger partial charge < -0.3 is 15.7 Å². The molecule has 2 aromatic carbocycles. The first-order chi connectivity index (χ1) is 10.7. The fraction of sp³-hybridized carbons (Fsp3) is 0.235. The predicted octanol–water partition coefficient (Wildman–Crippen LogP) is 3.40. The fourth-order valence-corrected chi connectivity index (χ4v) is 1.95. The summed E-state index contributed by atoms with van der Waals surface area (Å²) in [4.78, 5) is 4.47. The minimum absolute atomic E-state index is 0. The molecule has 0 radical (unpaired) electrons.